The number of hydrogen-bond acceptors (Lipinski definition) is 2. The Hall–Kier alpha value is -0.900. The zero-order valence-corrected chi connectivity index (χ0v) is 9.30. The fourth-order valence-corrected chi connectivity index (χ4v) is 1.42. The van der Waals surface area contributed by atoms with Gasteiger partial charge in [0.05, 0.1) is 0 Å². The van der Waals surface area contributed by atoms with Crippen molar-refractivity contribution >= 4 is 21.9 Å². The normalized spacial score (nSPS) is 9.93. The molecule has 0 amide bonds. The second-order valence-corrected chi connectivity index (χ2v) is 3.74. The summed E-state index contributed by atoms with van der Waals surface area (Å²) in [6, 6.07) is 4.03. The third-order valence-corrected chi connectivity index (χ3v) is 1.98. The Balaban J connectivity index is 2.71. The Kier molecular flexibility index (Phi) is 4.07. The minimum atomic E-state index is -0.432. The number of esters is 1. The summed E-state index contributed by atoms with van der Waals surface area (Å²) >= 11 is 3.11. The number of hydrogen-bond donors (Lipinski definition) is 0. The summed E-state index contributed by atoms with van der Waals surface area (Å²) in [5.41, 5.74) is 0. The van der Waals surface area contributed by atoms with Crippen LogP contribution in [0.4, 0.5) is 4.39 Å². The van der Waals surface area contributed by atoms with E-state index in [1.807, 2.05) is 6.92 Å². The van der Waals surface area contributed by atoms with Gasteiger partial charge >= 0.3 is 5.97 Å². The third-order valence-electron chi connectivity index (χ3n) is 1.52. The van der Waals surface area contributed by atoms with Crippen LogP contribution in [0, 0.1) is 5.82 Å². The fourth-order valence-electron chi connectivity index (χ4n) is 0.974. The second kappa shape index (κ2) is 5.10. The fraction of sp³-hybridized carbons (Fsp3) is 0.300. The molecule has 0 aliphatic carbocycles. The molecular formula is C10H10BrFO2. The van der Waals surface area contributed by atoms with Crippen LogP contribution in [0.15, 0.2) is 22.7 Å². The summed E-state index contributed by atoms with van der Waals surface area (Å²) in [4.78, 5) is 11.1. The van der Waals surface area contributed by atoms with Crippen molar-refractivity contribution in [1.29, 1.82) is 0 Å². The molecule has 1 rings (SSSR count). The number of ether oxygens (including phenoxy) is 1. The Morgan fingerprint density at radius 3 is 2.79 bits per heavy atom. The summed E-state index contributed by atoms with van der Waals surface area (Å²) < 4.78 is 18.3. The smallest absolute Gasteiger partial charge is 0.311 e. The Morgan fingerprint density at radius 2 is 2.21 bits per heavy atom. The number of carbonyl (C=O) groups excluding carboxylic acids is 1. The minimum absolute atomic E-state index is 0.232. The van der Waals surface area contributed by atoms with Crippen LogP contribution in [0.2, 0.25) is 0 Å². The molecule has 4 heteroatoms. The van der Waals surface area contributed by atoms with E-state index >= 15 is 0 Å². The van der Waals surface area contributed by atoms with Gasteiger partial charge in [0, 0.05) is 17.0 Å². The lowest BCUT2D eigenvalue weighted by Gasteiger charge is -2.03. The zero-order chi connectivity index (χ0) is 10.6. The van der Waals surface area contributed by atoms with Gasteiger partial charge in [-0.3, -0.25) is 4.79 Å². The number of rotatable bonds is 3. The number of halogens is 2. The van der Waals surface area contributed by atoms with Gasteiger partial charge in [0.2, 0.25) is 0 Å². The first-order valence-electron chi connectivity index (χ1n) is 4.28. The molecule has 1 aromatic carbocycles. The highest BCUT2D eigenvalue weighted by atomic mass is 79.9. The molecule has 0 aromatic heterocycles. The molecule has 0 saturated carbocycles. The third kappa shape index (κ3) is 3.46. The highest BCUT2D eigenvalue weighted by Crippen LogP contribution is 2.20. The molecule has 0 atom stereocenters. The van der Waals surface area contributed by atoms with Crippen LogP contribution in [0.3, 0.4) is 0 Å². The van der Waals surface area contributed by atoms with E-state index < -0.39 is 5.82 Å². The van der Waals surface area contributed by atoms with Crippen molar-refractivity contribution in [3.63, 3.8) is 0 Å². The van der Waals surface area contributed by atoms with Crippen molar-refractivity contribution in [2.45, 2.75) is 19.8 Å². The van der Waals surface area contributed by atoms with Crippen LogP contribution < -0.4 is 4.74 Å². The van der Waals surface area contributed by atoms with E-state index in [9.17, 15) is 9.18 Å². The number of carbonyl (C=O) groups is 1. The van der Waals surface area contributed by atoms with Crippen molar-refractivity contribution in [2.75, 3.05) is 0 Å². The van der Waals surface area contributed by atoms with E-state index in [-0.39, 0.29) is 11.7 Å². The Morgan fingerprint density at radius 1 is 1.50 bits per heavy atom. The molecule has 0 fully saturated rings. The van der Waals surface area contributed by atoms with Gasteiger partial charge in [-0.2, -0.15) is 0 Å². The first kappa shape index (κ1) is 11.2. The topological polar surface area (TPSA) is 26.3 Å². The van der Waals surface area contributed by atoms with Gasteiger partial charge in [-0.25, -0.2) is 4.39 Å². The summed E-state index contributed by atoms with van der Waals surface area (Å²) in [7, 11) is 0. The van der Waals surface area contributed by atoms with Crippen LogP contribution >= 0.6 is 15.9 Å². The molecule has 0 unspecified atom stereocenters. The molecule has 0 aliphatic rings. The molecule has 0 bridgehead atoms. The largest absolute Gasteiger partial charge is 0.426 e. The highest BCUT2D eigenvalue weighted by molar-refractivity contribution is 9.10. The van der Waals surface area contributed by atoms with Crippen LogP contribution in [0.25, 0.3) is 0 Å². The average Bonchev–Trinajstić information content (AvgIpc) is 2.01. The summed E-state index contributed by atoms with van der Waals surface area (Å²) in [6.07, 6.45) is 1.06. The van der Waals surface area contributed by atoms with E-state index in [1.165, 1.54) is 12.1 Å². The predicted octanol–water partition coefficient (Wildman–Crippen LogP) is 3.29. The molecule has 0 aliphatic heterocycles. The van der Waals surface area contributed by atoms with Crippen molar-refractivity contribution in [2.24, 2.45) is 0 Å². The minimum Gasteiger partial charge on any atom is -0.426 e. The molecule has 0 radical (unpaired) electrons. The van der Waals surface area contributed by atoms with E-state index in [4.69, 9.17) is 4.74 Å². The summed E-state index contributed by atoms with van der Waals surface area (Å²) in [5.74, 6) is -0.543. The standard InChI is InChI=1S/C10H10BrFO2/c1-2-3-10(13)14-9-5-7(11)4-8(12)6-9/h4-6H,2-3H2,1H3. The van der Waals surface area contributed by atoms with E-state index in [2.05, 4.69) is 15.9 Å². The van der Waals surface area contributed by atoms with Gasteiger partial charge in [-0.05, 0) is 18.6 Å². The second-order valence-electron chi connectivity index (χ2n) is 2.83. The average molecular weight is 261 g/mol. The van der Waals surface area contributed by atoms with E-state index in [1.54, 1.807) is 6.07 Å². The quantitative estimate of drug-likeness (QED) is 0.616. The van der Waals surface area contributed by atoms with Crippen LogP contribution in [0.1, 0.15) is 19.8 Å². The maximum Gasteiger partial charge on any atom is 0.311 e. The van der Waals surface area contributed by atoms with Gasteiger partial charge in [-0.1, -0.05) is 22.9 Å². The highest BCUT2D eigenvalue weighted by Gasteiger charge is 2.05. The van der Waals surface area contributed by atoms with Crippen LogP contribution in [0.5, 0.6) is 5.75 Å². The van der Waals surface area contributed by atoms with Crippen molar-refractivity contribution in [3.05, 3.63) is 28.5 Å². The van der Waals surface area contributed by atoms with Gasteiger partial charge in [-0.15, -0.1) is 0 Å². The van der Waals surface area contributed by atoms with E-state index in [0.717, 1.165) is 6.42 Å². The maximum absolute atomic E-state index is 12.8. The van der Waals surface area contributed by atoms with Gasteiger partial charge in [0.1, 0.15) is 11.6 Å². The van der Waals surface area contributed by atoms with Gasteiger partial charge in [0.15, 0.2) is 0 Å². The number of benzene rings is 1. The molecule has 14 heavy (non-hydrogen) atoms. The Bertz CT molecular complexity index is 319. The Labute approximate surface area is 90.2 Å². The lowest BCUT2D eigenvalue weighted by atomic mass is 10.3. The molecule has 1 aromatic rings. The predicted molar refractivity (Wildman–Crippen MR) is 54.6 cm³/mol. The SMILES string of the molecule is CCCC(=O)Oc1cc(F)cc(Br)c1. The monoisotopic (exact) mass is 260 g/mol. The van der Waals surface area contributed by atoms with Gasteiger partial charge < -0.3 is 4.74 Å². The van der Waals surface area contributed by atoms with E-state index in [0.29, 0.717) is 10.9 Å². The molecule has 2 nitrogen and oxygen atoms in total. The molecule has 0 spiro atoms. The first-order valence-corrected chi connectivity index (χ1v) is 5.08. The maximum atomic E-state index is 12.8. The van der Waals surface area contributed by atoms with Crippen LogP contribution in [-0.2, 0) is 4.79 Å². The molecular weight excluding hydrogens is 251 g/mol. The first-order chi connectivity index (χ1) is 6.61. The molecule has 0 heterocycles. The zero-order valence-electron chi connectivity index (χ0n) is 7.72. The lowest BCUT2D eigenvalue weighted by molar-refractivity contribution is -0.134. The lowest BCUT2D eigenvalue weighted by Crippen LogP contribution is -2.06. The van der Waals surface area contributed by atoms with Crippen LogP contribution in [-0.4, -0.2) is 5.97 Å². The molecule has 0 saturated heterocycles. The molecule has 76 valence electrons. The van der Waals surface area contributed by atoms with Crippen molar-refractivity contribution < 1.29 is 13.9 Å². The van der Waals surface area contributed by atoms with Crippen molar-refractivity contribution in [3.8, 4) is 5.75 Å². The summed E-state index contributed by atoms with van der Waals surface area (Å²) in [6.45, 7) is 1.88. The van der Waals surface area contributed by atoms with Crippen molar-refractivity contribution in [1.82, 2.24) is 0 Å². The molecule has 0 N–H and O–H groups in total. The summed E-state index contributed by atoms with van der Waals surface area (Å²) in [5, 5.41) is 0. The van der Waals surface area contributed by atoms with Gasteiger partial charge in [0.25, 0.3) is 0 Å².